The molecule has 1 N–H and O–H groups in total. The van der Waals surface area contributed by atoms with Crippen molar-refractivity contribution in [3.63, 3.8) is 0 Å². The topological polar surface area (TPSA) is 45.8 Å². The predicted molar refractivity (Wildman–Crippen MR) is 53.4 cm³/mol. The van der Waals surface area contributed by atoms with Gasteiger partial charge >= 0.3 is 0 Å². The fourth-order valence-electron chi connectivity index (χ4n) is 1.19. The molecule has 1 heterocycles. The SMILES string of the molecule is O=C(c1ncc[nH]1)c1ccc(Cl)cc1F. The molecule has 15 heavy (non-hydrogen) atoms. The number of nitrogens with zero attached hydrogens (tertiary/aromatic N) is 1. The minimum absolute atomic E-state index is 0.0469. The van der Waals surface area contributed by atoms with E-state index in [2.05, 4.69) is 9.97 Å². The maximum atomic E-state index is 13.3. The van der Waals surface area contributed by atoms with Crippen molar-refractivity contribution in [1.29, 1.82) is 0 Å². The maximum absolute atomic E-state index is 13.3. The summed E-state index contributed by atoms with van der Waals surface area (Å²) in [6.07, 6.45) is 2.93. The van der Waals surface area contributed by atoms with Gasteiger partial charge in [-0.15, -0.1) is 0 Å². The molecule has 0 aliphatic rings. The van der Waals surface area contributed by atoms with Gasteiger partial charge in [0.25, 0.3) is 0 Å². The van der Waals surface area contributed by atoms with Crippen molar-refractivity contribution in [3.05, 3.63) is 52.8 Å². The lowest BCUT2D eigenvalue weighted by atomic mass is 10.1. The van der Waals surface area contributed by atoms with E-state index in [1.54, 1.807) is 0 Å². The predicted octanol–water partition coefficient (Wildman–Crippen LogP) is 2.43. The van der Waals surface area contributed by atoms with Crippen LogP contribution in [-0.2, 0) is 0 Å². The summed E-state index contributed by atoms with van der Waals surface area (Å²) < 4.78 is 13.3. The third kappa shape index (κ3) is 1.89. The monoisotopic (exact) mass is 224 g/mol. The highest BCUT2D eigenvalue weighted by Gasteiger charge is 2.15. The zero-order valence-electron chi connectivity index (χ0n) is 7.50. The van der Waals surface area contributed by atoms with Gasteiger partial charge in [-0.25, -0.2) is 9.37 Å². The van der Waals surface area contributed by atoms with Gasteiger partial charge < -0.3 is 4.98 Å². The normalized spacial score (nSPS) is 10.3. The number of aromatic amines is 1. The molecule has 1 aromatic heterocycles. The Morgan fingerprint density at radius 3 is 2.87 bits per heavy atom. The Bertz CT molecular complexity index is 496. The van der Waals surface area contributed by atoms with Crippen molar-refractivity contribution in [2.24, 2.45) is 0 Å². The van der Waals surface area contributed by atoms with E-state index < -0.39 is 11.6 Å². The second kappa shape index (κ2) is 3.82. The zero-order valence-corrected chi connectivity index (χ0v) is 8.25. The molecule has 76 valence electrons. The first-order valence-electron chi connectivity index (χ1n) is 4.17. The molecular weight excluding hydrogens is 219 g/mol. The second-order valence-corrected chi connectivity index (χ2v) is 3.33. The summed E-state index contributed by atoms with van der Waals surface area (Å²) >= 11 is 5.57. The molecule has 0 fully saturated rings. The molecule has 0 amide bonds. The molecule has 0 bridgehead atoms. The third-order valence-corrected chi connectivity index (χ3v) is 2.12. The number of imidazole rings is 1. The Balaban J connectivity index is 2.42. The lowest BCUT2D eigenvalue weighted by molar-refractivity contribution is 0.102. The maximum Gasteiger partial charge on any atom is 0.231 e. The molecule has 2 aromatic rings. The number of nitrogens with one attached hydrogen (secondary N) is 1. The molecule has 3 nitrogen and oxygen atoms in total. The van der Waals surface area contributed by atoms with Crippen LogP contribution in [0.15, 0.2) is 30.6 Å². The lowest BCUT2D eigenvalue weighted by Crippen LogP contribution is -2.06. The molecule has 5 heteroatoms. The Labute approximate surface area is 89.9 Å². The number of hydrogen-bond donors (Lipinski definition) is 1. The van der Waals surface area contributed by atoms with E-state index in [4.69, 9.17) is 11.6 Å². The minimum atomic E-state index is -0.649. The van der Waals surface area contributed by atoms with Crippen molar-refractivity contribution < 1.29 is 9.18 Å². The Morgan fingerprint density at radius 1 is 1.47 bits per heavy atom. The van der Waals surface area contributed by atoms with Gasteiger partial charge in [0.05, 0.1) is 5.56 Å². The van der Waals surface area contributed by atoms with Gasteiger partial charge in [-0.2, -0.15) is 0 Å². The van der Waals surface area contributed by atoms with E-state index in [0.717, 1.165) is 6.07 Å². The van der Waals surface area contributed by atoms with E-state index in [9.17, 15) is 9.18 Å². The molecule has 0 spiro atoms. The first-order valence-corrected chi connectivity index (χ1v) is 4.55. The highest BCUT2D eigenvalue weighted by Crippen LogP contribution is 2.16. The van der Waals surface area contributed by atoms with Crippen LogP contribution >= 0.6 is 11.6 Å². The Kier molecular flexibility index (Phi) is 2.51. The van der Waals surface area contributed by atoms with Crippen LogP contribution in [0.1, 0.15) is 16.2 Å². The van der Waals surface area contributed by atoms with Crippen molar-refractivity contribution >= 4 is 17.4 Å². The molecule has 0 radical (unpaired) electrons. The first-order chi connectivity index (χ1) is 7.18. The molecule has 0 aliphatic carbocycles. The smallest absolute Gasteiger partial charge is 0.231 e. The van der Waals surface area contributed by atoms with E-state index in [1.807, 2.05) is 0 Å². The van der Waals surface area contributed by atoms with Gasteiger partial charge in [0.15, 0.2) is 5.82 Å². The number of H-pyrrole nitrogens is 1. The number of carbonyl (C=O) groups is 1. The second-order valence-electron chi connectivity index (χ2n) is 2.89. The number of hydrogen-bond acceptors (Lipinski definition) is 2. The molecule has 0 saturated carbocycles. The molecule has 0 atom stereocenters. The molecule has 0 unspecified atom stereocenters. The highest BCUT2D eigenvalue weighted by molar-refractivity contribution is 6.30. The number of halogens is 2. The van der Waals surface area contributed by atoms with Crippen LogP contribution in [0.3, 0.4) is 0 Å². The summed E-state index contributed by atoms with van der Waals surface area (Å²) in [6, 6.07) is 3.89. The van der Waals surface area contributed by atoms with Crippen LogP contribution in [-0.4, -0.2) is 15.8 Å². The molecule has 0 aliphatic heterocycles. The van der Waals surface area contributed by atoms with E-state index in [0.29, 0.717) is 0 Å². The van der Waals surface area contributed by atoms with E-state index >= 15 is 0 Å². The van der Waals surface area contributed by atoms with E-state index in [-0.39, 0.29) is 16.4 Å². The standard InChI is InChI=1S/C10H6ClFN2O/c11-6-1-2-7(8(12)5-6)9(15)10-13-3-4-14-10/h1-5H,(H,13,14). The average molecular weight is 225 g/mol. The third-order valence-electron chi connectivity index (χ3n) is 1.89. The Hall–Kier alpha value is -1.68. The largest absolute Gasteiger partial charge is 0.342 e. The van der Waals surface area contributed by atoms with Gasteiger partial charge in [0.2, 0.25) is 5.78 Å². The zero-order chi connectivity index (χ0) is 10.8. The number of carbonyl (C=O) groups excluding carboxylic acids is 1. The fraction of sp³-hybridized carbons (Fsp3) is 0. The van der Waals surface area contributed by atoms with Gasteiger partial charge in [-0.1, -0.05) is 11.6 Å². The van der Waals surface area contributed by atoms with Crippen LogP contribution in [0.25, 0.3) is 0 Å². The highest BCUT2D eigenvalue weighted by atomic mass is 35.5. The Morgan fingerprint density at radius 2 is 2.27 bits per heavy atom. The average Bonchev–Trinajstić information content (AvgIpc) is 2.69. The summed E-state index contributed by atoms with van der Waals surface area (Å²) in [5.41, 5.74) is -0.0469. The summed E-state index contributed by atoms with van der Waals surface area (Å²) in [6.45, 7) is 0. The van der Waals surface area contributed by atoms with Gasteiger partial charge in [0, 0.05) is 17.4 Å². The number of ketones is 1. The first kappa shape index (κ1) is 9.86. The van der Waals surface area contributed by atoms with Crippen molar-refractivity contribution in [1.82, 2.24) is 9.97 Å². The number of benzene rings is 1. The van der Waals surface area contributed by atoms with Crippen LogP contribution in [0.4, 0.5) is 4.39 Å². The summed E-state index contributed by atoms with van der Waals surface area (Å²) in [4.78, 5) is 18.0. The van der Waals surface area contributed by atoms with Crippen LogP contribution < -0.4 is 0 Å². The molecule has 0 saturated heterocycles. The van der Waals surface area contributed by atoms with Crippen LogP contribution in [0.2, 0.25) is 5.02 Å². The quantitative estimate of drug-likeness (QED) is 0.797. The summed E-state index contributed by atoms with van der Waals surface area (Å²) in [5, 5.41) is 0.253. The van der Waals surface area contributed by atoms with Gasteiger partial charge in [-0.3, -0.25) is 4.79 Å². The molecule has 2 rings (SSSR count). The molecule has 1 aromatic carbocycles. The number of rotatable bonds is 2. The van der Waals surface area contributed by atoms with Gasteiger partial charge in [0.1, 0.15) is 5.82 Å². The van der Waals surface area contributed by atoms with Crippen molar-refractivity contribution in [3.8, 4) is 0 Å². The van der Waals surface area contributed by atoms with Crippen molar-refractivity contribution in [2.75, 3.05) is 0 Å². The fourth-order valence-corrected chi connectivity index (χ4v) is 1.35. The van der Waals surface area contributed by atoms with E-state index in [1.165, 1.54) is 24.5 Å². The van der Waals surface area contributed by atoms with Gasteiger partial charge in [-0.05, 0) is 18.2 Å². The summed E-state index contributed by atoms with van der Waals surface area (Å²) in [7, 11) is 0. The number of aromatic nitrogens is 2. The lowest BCUT2D eigenvalue weighted by Gasteiger charge is -1.99. The molecular formula is C10H6ClFN2O. The van der Waals surface area contributed by atoms with Crippen molar-refractivity contribution in [2.45, 2.75) is 0 Å². The van der Waals surface area contributed by atoms with Crippen LogP contribution in [0, 0.1) is 5.82 Å². The van der Waals surface area contributed by atoms with Crippen LogP contribution in [0.5, 0.6) is 0 Å². The minimum Gasteiger partial charge on any atom is -0.342 e. The summed E-state index contributed by atoms with van der Waals surface area (Å²) in [5.74, 6) is -1.03.